The standard InChI is InChI=1S/C14H16N4O2/c19-9-11(6-12-2-1-5-20-12)8-18-4-3-16-14(18)13-7-15-10-17-13/h1-5,7,10-11,19H,6,8-9H2,(H,15,17)/t11-/m0/s1. The van der Waals surface area contributed by atoms with Gasteiger partial charge < -0.3 is 19.1 Å². The summed E-state index contributed by atoms with van der Waals surface area (Å²) in [5.74, 6) is 1.78. The molecule has 104 valence electrons. The van der Waals surface area contributed by atoms with Gasteiger partial charge in [0.25, 0.3) is 0 Å². The molecule has 0 aromatic carbocycles. The van der Waals surface area contributed by atoms with Crippen molar-refractivity contribution in [2.75, 3.05) is 6.61 Å². The summed E-state index contributed by atoms with van der Waals surface area (Å²) in [7, 11) is 0. The van der Waals surface area contributed by atoms with Crippen LogP contribution in [0.2, 0.25) is 0 Å². The van der Waals surface area contributed by atoms with E-state index in [0.29, 0.717) is 13.0 Å². The Morgan fingerprint density at radius 1 is 1.45 bits per heavy atom. The molecule has 0 aliphatic rings. The van der Waals surface area contributed by atoms with Gasteiger partial charge in [0, 0.05) is 37.9 Å². The maximum absolute atomic E-state index is 9.55. The van der Waals surface area contributed by atoms with E-state index >= 15 is 0 Å². The van der Waals surface area contributed by atoms with Crippen LogP contribution in [0.25, 0.3) is 11.5 Å². The fourth-order valence-corrected chi connectivity index (χ4v) is 2.26. The minimum Gasteiger partial charge on any atom is -0.469 e. The fraction of sp³-hybridized carbons (Fsp3) is 0.286. The van der Waals surface area contributed by atoms with Crippen LogP contribution in [-0.2, 0) is 13.0 Å². The molecule has 0 radical (unpaired) electrons. The summed E-state index contributed by atoms with van der Waals surface area (Å²) in [5, 5.41) is 9.55. The average molecular weight is 272 g/mol. The van der Waals surface area contributed by atoms with Crippen molar-refractivity contribution in [2.45, 2.75) is 13.0 Å². The molecule has 0 amide bonds. The van der Waals surface area contributed by atoms with Gasteiger partial charge in [-0.05, 0) is 12.1 Å². The minimum atomic E-state index is 0.0806. The molecule has 6 heteroatoms. The first-order chi connectivity index (χ1) is 9.86. The third-order valence-electron chi connectivity index (χ3n) is 3.24. The van der Waals surface area contributed by atoms with Crippen LogP contribution in [0.3, 0.4) is 0 Å². The Morgan fingerprint density at radius 2 is 2.40 bits per heavy atom. The number of aliphatic hydroxyl groups excluding tert-OH is 1. The van der Waals surface area contributed by atoms with Crippen LogP contribution in [0.15, 0.2) is 47.7 Å². The van der Waals surface area contributed by atoms with Crippen molar-refractivity contribution in [3.63, 3.8) is 0 Å². The molecule has 0 aliphatic carbocycles. The smallest absolute Gasteiger partial charge is 0.158 e. The number of imidazole rings is 2. The summed E-state index contributed by atoms with van der Waals surface area (Å²) < 4.78 is 7.35. The maximum Gasteiger partial charge on any atom is 0.158 e. The van der Waals surface area contributed by atoms with E-state index in [2.05, 4.69) is 15.0 Å². The Labute approximate surface area is 116 Å². The zero-order chi connectivity index (χ0) is 13.8. The molecular formula is C14H16N4O2. The van der Waals surface area contributed by atoms with Crippen molar-refractivity contribution >= 4 is 0 Å². The fourth-order valence-electron chi connectivity index (χ4n) is 2.26. The monoisotopic (exact) mass is 272 g/mol. The lowest BCUT2D eigenvalue weighted by Gasteiger charge is -2.15. The number of H-pyrrole nitrogens is 1. The summed E-state index contributed by atoms with van der Waals surface area (Å²) in [6, 6.07) is 3.78. The van der Waals surface area contributed by atoms with Crippen LogP contribution in [0.1, 0.15) is 5.76 Å². The first kappa shape index (κ1) is 12.7. The van der Waals surface area contributed by atoms with Gasteiger partial charge in [-0.2, -0.15) is 0 Å². The quantitative estimate of drug-likeness (QED) is 0.716. The second-order valence-electron chi connectivity index (χ2n) is 4.70. The molecule has 0 saturated carbocycles. The van der Waals surface area contributed by atoms with E-state index in [1.54, 1.807) is 25.0 Å². The molecule has 3 aromatic heterocycles. The highest BCUT2D eigenvalue weighted by Gasteiger charge is 2.14. The van der Waals surface area contributed by atoms with E-state index in [4.69, 9.17) is 4.42 Å². The van der Waals surface area contributed by atoms with Gasteiger partial charge in [0.05, 0.1) is 18.8 Å². The molecule has 3 heterocycles. The van der Waals surface area contributed by atoms with Crippen LogP contribution < -0.4 is 0 Å². The van der Waals surface area contributed by atoms with Gasteiger partial charge in [-0.3, -0.25) is 0 Å². The number of aromatic nitrogens is 4. The highest BCUT2D eigenvalue weighted by molar-refractivity contribution is 5.47. The first-order valence-electron chi connectivity index (χ1n) is 6.50. The summed E-state index contributed by atoms with van der Waals surface area (Å²) in [5.41, 5.74) is 0.865. The largest absolute Gasteiger partial charge is 0.469 e. The number of hydrogen-bond donors (Lipinski definition) is 2. The minimum absolute atomic E-state index is 0.0806. The van der Waals surface area contributed by atoms with Gasteiger partial charge in [0.1, 0.15) is 11.5 Å². The lowest BCUT2D eigenvalue weighted by atomic mass is 10.0. The van der Waals surface area contributed by atoms with Crippen molar-refractivity contribution in [1.82, 2.24) is 19.5 Å². The van der Waals surface area contributed by atoms with Crippen LogP contribution in [0.4, 0.5) is 0 Å². The number of rotatable bonds is 6. The molecule has 0 aliphatic heterocycles. The number of nitrogens with one attached hydrogen (secondary N) is 1. The molecule has 3 aromatic rings. The molecule has 0 fully saturated rings. The molecule has 0 spiro atoms. The molecule has 0 bridgehead atoms. The summed E-state index contributed by atoms with van der Waals surface area (Å²) in [6.07, 6.45) is 9.36. The predicted octanol–water partition coefficient (Wildman–Crippen LogP) is 1.72. The lowest BCUT2D eigenvalue weighted by Crippen LogP contribution is -2.17. The van der Waals surface area contributed by atoms with Crippen molar-refractivity contribution in [1.29, 1.82) is 0 Å². The van der Waals surface area contributed by atoms with Crippen molar-refractivity contribution in [3.05, 3.63) is 49.1 Å². The average Bonchev–Trinajstić information content (AvgIpc) is 3.20. The third kappa shape index (κ3) is 2.65. The van der Waals surface area contributed by atoms with Gasteiger partial charge in [0.15, 0.2) is 5.82 Å². The topological polar surface area (TPSA) is 79.9 Å². The van der Waals surface area contributed by atoms with Gasteiger partial charge in [-0.15, -0.1) is 0 Å². The Balaban J connectivity index is 1.75. The second kappa shape index (κ2) is 5.75. The third-order valence-corrected chi connectivity index (χ3v) is 3.24. The zero-order valence-corrected chi connectivity index (χ0v) is 10.9. The van der Waals surface area contributed by atoms with Gasteiger partial charge >= 0.3 is 0 Å². The second-order valence-corrected chi connectivity index (χ2v) is 4.70. The van der Waals surface area contributed by atoms with Crippen molar-refractivity contribution < 1.29 is 9.52 Å². The molecule has 0 unspecified atom stereocenters. The molecular weight excluding hydrogens is 256 g/mol. The predicted molar refractivity (Wildman–Crippen MR) is 72.8 cm³/mol. The lowest BCUT2D eigenvalue weighted by molar-refractivity contribution is 0.204. The highest BCUT2D eigenvalue weighted by atomic mass is 16.3. The Morgan fingerprint density at radius 3 is 3.10 bits per heavy atom. The van der Waals surface area contributed by atoms with Gasteiger partial charge in [-0.25, -0.2) is 9.97 Å². The SMILES string of the molecule is OC[C@@H](Cc1ccco1)Cn1ccnc1-c1cnc[nH]1. The van der Waals surface area contributed by atoms with E-state index in [0.717, 1.165) is 17.3 Å². The number of aliphatic hydroxyl groups is 1. The van der Waals surface area contributed by atoms with E-state index in [9.17, 15) is 5.11 Å². The normalized spacial score (nSPS) is 12.7. The van der Waals surface area contributed by atoms with E-state index < -0.39 is 0 Å². The molecule has 0 saturated heterocycles. The highest BCUT2D eigenvalue weighted by Crippen LogP contribution is 2.17. The first-order valence-corrected chi connectivity index (χ1v) is 6.50. The van der Waals surface area contributed by atoms with Crippen LogP contribution in [-0.4, -0.2) is 31.2 Å². The van der Waals surface area contributed by atoms with Gasteiger partial charge in [-0.1, -0.05) is 0 Å². The molecule has 2 N–H and O–H groups in total. The molecule has 3 rings (SSSR count). The zero-order valence-electron chi connectivity index (χ0n) is 10.9. The van der Waals surface area contributed by atoms with Crippen molar-refractivity contribution in [2.24, 2.45) is 5.92 Å². The van der Waals surface area contributed by atoms with E-state index in [1.165, 1.54) is 0 Å². The Bertz CT molecular complexity index is 628. The van der Waals surface area contributed by atoms with Crippen molar-refractivity contribution in [3.8, 4) is 11.5 Å². The summed E-state index contributed by atoms with van der Waals surface area (Å²) in [6.45, 7) is 0.771. The van der Waals surface area contributed by atoms with Gasteiger partial charge in [0.2, 0.25) is 0 Å². The summed E-state index contributed by atoms with van der Waals surface area (Å²) >= 11 is 0. The number of furan rings is 1. The summed E-state index contributed by atoms with van der Waals surface area (Å²) in [4.78, 5) is 11.4. The molecule has 1 atom stereocenters. The Hall–Kier alpha value is -2.34. The van der Waals surface area contributed by atoms with E-state index in [1.807, 2.05) is 22.9 Å². The number of aromatic amines is 1. The van der Waals surface area contributed by atoms with Crippen LogP contribution in [0, 0.1) is 5.92 Å². The molecule has 20 heavy (non-hydrogen) atoms. The van der Waals surface area contributed by atoms with Crippen LogP contribution >= 0.6 is 0 Å². The maximum atomic E-state index is 9.55. The number of nitrogens with zero attached hydrogens (tertiary/aromatic N) is 3. The Kier molecular flexibility index (Phi) is 3.64. The van der Waals surface area contributed by atoms with Crippen LogP contribution in [0.5, 0.6) is 0 Å². The van der Waals surface area contributed by atoms with E-state index in [-0.39, 0.29) is 12.5 Å². The number of hydrogen-bond acceptors (Lipinski definition) is 4. The molecule has 6 nitrogen and oxygen atoms in total.